The Hall–Kier alpha value is -0.770. The van der Waals surface area contributed by atoms with Crippen LogP contribution in [0, 0.1) is 46.3 Å². The second-order valence-electron chi connectivity index (χ2n) is 16.5. The molecule has 0 bridgehead atoms. The second kappa shape index (κ2) is 17.1. The van der Waals surface area contributed by atoms with Gasteiger partial charge < -0.3 is 37.2 Å². The Morgan fingerprint density at radius 2 is 1.56 bits per heavy atom. The first-order valence-electron chi connectivity index (χ1n) is 19.0. The van der Waals surface area contributed by atoms with Crippen molar-refractivity contribution >= 4 is 5.91 Å². The van der Waals surface area contributed by atoms with Crippen molar-refractivity contribution in [2.45, 2.75) is 142 Å². The lowest BCUT2D eigenvalue weighted by atomic mass is 9.43. The third kappa shape index (κ3) is 8.83. The molecule has 4 aliphatic rings. The topological polar surface area (TPSA) is 132 Å². The minimum Gasteiger partial charge on any atom is -0.393 e. The van der Waals surface area contributed by atoms with E-state index in [-0.39, 0.29) is 35.0 Å². The molecule has 8 nitrogen and oxygen atoms in total. The van der Waals surface area contributed by atoms with Gasteiger partial charge in [0.05, 0.1) is 12.2 Å². The number of carbonyl (C=O) groups is 1. The molecule has 1 amide bonds. The van der Waals surface area contributed by atoms with E-state index in [4.69, 9.17) is 5.73 Å². The van der Waals surface area contributed by atoms with Crippen molar-refractivity contribution in [1.82, 2.24) is 21.3 Å². The summed E-state index contributed by atoms with van der Waals surface area (Å²) in [6, 6.07) is 0.708. The highest BCUT2D eigenvalue weighted by molar-refractivity contribution is 5.76. The predicted molar refractivity (Wildman–Crippen MR) is 185 cm³/mol. The average molecular weight is 634 g/mol. The number of aliphatic hydroxyl groups excluding tert-OH is 2. The smallest absolute Gasteiger partial charge is 0.220 e. The molecular weight excluding hydrogens is 562 g/mol. The number of unbranched alkanes of at least 4 members (excludes halogenated alkanes) is 1. The van der Waals surface area contributed by atoms with Crippen LogP contribution in [0.1, 0.15) is 118 Å². The Kier molecular flexibility index (Phi) is 14.0. The lowest BCUT2D eigenvalue weighted by Crippen LogP contribution is -2.62. The largest absolute Gasteiger partial charge is 0.393 e. The lowest BCUT2D eigenvalue weighted by Gasteiger charge is -2.63. The van der Waals surface area contributed by atoms with Gasteiger partial charge in [0.25, 0.3) is 0 Å². The molecule has 0 saturated heterocycles. The monoisotopic (exact) mass is 634 g/mol. The lowest BCUT2D eigenvalue weighted by molar-refractivity contribution is -0.202. The molecule has 45 heavy (non-hydrogen) atoms. The molecule has 0 aliphatic heterocycles. The van der Waals surface area contributed by atoms with Gasteiger partial charge in [0, 0.05) is 18.5 Å². The first-order valence-corrected chi connectivity index (χ1v) is 19.0. The van der Waals surface area contributed by atoms with E-state index in [0.717, 1.165) is 90.6 Å². The van der Waals surface area contributed by atoms with E-state index < -0.39 is 0 Å². The quantitative estimate of drug-likeness (QED) is 0.113. The first-order chi connectivity index (χ1) is 21.5. The normalized spacial score (nSPS) is 38.4. The van der Waals surface area contributed by atoms with E-state index in [1.54, 1.807) is 0 Å². The second-order valence-corrected chi connectivity index (χ2v) is 16.5. The van der Waals surface area contributed by atoms with E-state index in [0.29, 0.717) is 48.0 Å². The molecule has 0 aromatic heterocycles. The molecule has 11 atom stereocenters. The number of hydrogen-bond acceptors (Lipinski definition) is 7. The van der Waals surface area contributed by atoms with Crippen LogP contribution < -0.4 is 27.0 Å². The van der Waals surface area contributed by atoms with Gasteiger partial charge in [-0.1, -0.05) is 20.8 Å². The van der Waals surface area contributed by atoms with Crippen molar-refractivity contribution in [3.63, 3.8) is 0 Å². The summed E-state index contributed by atoms with van der Waals surface area (Å²) < 4.78 is 0. The fraction of sp³-hybridized carbons (Fsp3) is 0.973. The molecule has 8 heteroatoms. The molecule has 0 heterocycles. The van der Waals surface area contributed by atoms with Crippen LogP contribution in [0.2, 0.25) is 0 Å². The van der Waals surface area contributed by atoms with Crippen LogP contribution in [-0.4, -0.2) is 79.7 Å². The van der Waals surface area contributed by atoms with Gasteiger partial charge in [-0.05, 0) is 177 Å². The van der Waals surface area contributed by atoms with Crippen molar-refractivity contribution < 1.29 is 15.0 Å². The summed E-state index contributed by atoms with van der Waals surface area (Å²) in [4.78, 5) is 12.4. The van der Waals surface area contributed by atoms with E-state index in [9.17, 15) is 15.0 Å². The molecule has 4 unspecified atom stereocenters. The molecule has 8 N–H and O–H groups in total. The Labute approximate surface area is 275 Å². The van der Waals surface area contributed by atoms with Gasteiger partial charge in [0.1, 0.15) is 0 Å². The Morgan fingerprint density at radius 1 is 0.867 bits per heavy atom. The zero-order valence-electron chi connectivity index (χ0n) is 29.6. The maximum absolute atomic E-state index is 12.4. The van der Waals surface area contributed by atoms with Crippen LogP contribution in [0.25, 0.3) is 0 Å². The predicted octanol–water partition coefficient (Wildman–Crippen LogP) is 4.18. The number of nitrogens with two attached hydrogens (primary N) is 1. The van der Waals surface area contributed by atoms with E-state index in [2.05, 4.69) is 42.0 Å². The summed E-state index contributed by atoms with van der Waals surface area (Å²) in [5.41, 5.74) is 5.56. The SMILES string of the molecule is CC(C)NC(=O)CC[C@@H](C)[C@H]1CCC2C3C(C[C@H](O)[C@@]21C)[C@@]1(C)CC[C@H](NCCCNCCCCNCCCN)CC1C[C@H]3O. The molecule has 0 radical (unpaired) electrons. The van der Waals surface area contributed by atoms with Gasteiger partial charge in [-0.25, -0.2) is 0 Å². The highest BCUT2D eigenvalue weighted by Gasteiger charge is 2.65. The fourth-order valence-corrected chi connectivity index (χ4v) is 10.8. The van der Waals surface area contributed by atoms with Crippen molar-refractivity contribution in [2.24, 2.45) is 52.1 Å². The molecule has 4 fully saturated rings. The van der Waals surface area contributed by atoms with Crippen LogP contribution in [0.15, 0.2) is 0 Å². The van der Waals surface area contributed by atoms with Gasteiger partial charge in [0.2, 0.25) is 5.91 Å². The van der Waals surface area contributed by atoms with Crippen LogP contribution in [0.3, 0.4) is 0 Å². The van der Waals surface area contributed by atoms with Crippen molar-refractivity contribution in [1.29, 1.82) is 0 Å². The summed E-state index contributed by atoms with van der Waals surface area (Å²) in [6.45, 7) is 17.2. The van der Waals surface area contributed by atoms with Crippen LogP contribution in [0.5, 0.6) is 0 Å². The molecule has 0 aromatic carbocycles. The van der Waals surface area contributed by atoms with E-state index in [1.807, 2.05) is 13.8 Å². The molecule has 4 aliphatic carbocycles. The van der Waals surface area contributed by atoms with Gasteiger partial charge in [0.15, 0.2) is 0 Å². The zero-order valence-corrected chi connectivity index (χ0v) is 29.6. The standard InChI is InChI=1S/C37H71N5O3/c1-25(2)42-34(45)13-10-26(3)29-11-12-30-35-31(24-33(44)37(29,30)5)36(4)15-14-28(22-27(36)23-32(35)43)41-21-9-20-40-18-7-6-17-39-19-8-16-38/h25-33,35,39-41,43-44H,6-24,38H2,1-5H3,(H,42,45)/t26-,27?,28+,29-,30?,31?,32-,33+,35?,36+,37-/m1/s1. The summed E-state index contributed by atoms with van der Waals surface area (Å²) in [6.07, 6.45) is 12.9. The fourth-order valence-electron chi connectivity index (χ4n) is 10.8. The van der Waals surface area contributed by atoms with Gasteiger partial charge in [-0.3, -0.25) is 4.79 Å². The van der Waals surface area contributed by atoms with Crippen LogP contribution in [0.4, 0.5) is 0 Å². The number of fused-ring (bicyclic) bond motifs is 5. The van der Waals surface area contributed by atoms with Crippen molar-refractivity contribution in [2.75, 3.05) is 39.3 Å². The summed E-state index contributed by atoms with van der Waals surface area (Å²) in [5, 5.41) is 37.7. The molecule has 0 aromatic rings. The van der Waals surface area contributed by atoms with E-state index >= 15 is 0 Å². The number of amides is 1. The first kappa shape index (κ1) is 37.1. The number of aliphatic hydroxyl groups is 2. The minimum atomic E-state index is -0.332. The Bertz CT molecular complexity index is 905. The Balaban J connectivity index is 1.23. The van der Waals surface area contributed by atoms with Crippen LogP contribution >= 0.6 is 0 Å². The number of hydrogen-bond donors (Lipinski definition) is 7. The summed E-state index contributed by atoms with van der Waals surface area (Å²) in [5.74, 6) is 2.50. The highest BCUT2D eigenvalue weighted by Crippen LogP contribution is 2.68. The van der Waals surface area contributed by atoms with E-state index in [1.165, 1.54) is 25.7 Å². The minimum absolute atomic E-state index is 0.137. The zero-order chi connectivity index (χ0) is 32.6. The van der Waals surface area contributed by atoms with Crippen molar-refractivity contribution in [3.05, 3.63) is 0 Å². The molecule has 4 rings (SSSR count). The highest BCUT2D eigenvalue weighted by atomic mass is 16.3. The summed E-state index contributed by atoms with van der Waals surface area (Å²) in [7, 11) is 0. The van der Waals surface area contributed by atoms with Gasteiger partial charge in [-0.2, -0.15) is 0 Å². The van der Waals surface area contributed by atoms with Crippen molar-refractivity contribution in [3.8, 4) is 0 Å². The van der Waals surface area contributed by atoms with Gasteiger partial charge >= 0.3 is 0 Å². The maximum atomic E-state index is 12.4. The molecule has 4 saturated carbocycles. The third-order valence-corrected chi connectivity index (χ3v) is 13.3. The number of carbonyl (C=O) groups excluding carboxylic acids is 1. The summed E-state index contributed by atoms with van der Waals surface area (Å²) >= 11 is 0. The third-order valence-electron chi connectivity index (χ3n) is 13.3. The number of rotatable bonds is 18. The van der Waals surface area contributed by atoms with Gasteiger partial charge in [-0.15, -0.1) is 0 Å². The van der Waals surface area contributed by atoms with Crippen LogP contribution in [-0.2, 0) is 4.79 Å². The maximum Gasteiger partial charge on any atom is 0.220 e. The molecule has 262 valence electrons. The Morgan fingerprint density at radius 3 is 2.24 bits per heavy atom. The average Bonchev–Trinajstić information content (AvgIpc) is 3.35. The number of nitrogens with one attached hydrogen (secondary N) is 4. The molecular formula is C37H71N5O3. The molecule has 0 spiro atoms.